The van der Waals surface area contributed by atoms with Gasteiger partial charge >= 0.3 is 6.36 Å². The van der Waals surface area contributed by atoms with Gasteiger partial charge in [-0.05, 0) is 48.4 Å². The maximum Gasteiger partial charge on any atom is 0.573 e. The third kappa shape index (κ3) is 4.79. The monoisotopic (exact) mass is 450 g/mol. The predicted molar refractivity (Wildman–Crippen MR) is 110 cm³/mol. The molecule has 1 aliphatic rings. The number of halogens is 3. The number of ether oxygens (including phenoxy) is 3. The number of hydrogen-bond donors (Lipinski definition) is 1. The van der Waals surface area contributed by atoms with Crippen LogP contribution < -0.4 is 19.5 Å². The molecule has 2 amide bonds. The molecule has 7 nitrogen and oxygen atoms in total. The summed E-state index contributed by atoms with van der Waals surface area (Å²) in [5.41, 5.74) is 0.881. The highest BCUT2D eigenvalue weighted by Gasteiger charge is 2.39. The minimum absolute atomic E-state index is 0.0140. The van der Waals surface area contributed by atoms with Crippen molar-refractivity contribution in [2.75, 3.05) is 26.1 Å². The Morgan fingerprint density at radius 1 is 0.938 bits per heavy atom. The summed E-state index contributed by atoms with van der Waals surface area (Å²) in [5.74, 6) is -0.590. The molecule has 0 fully saturated rings. The van der Waals surface area contributed by atoms with Crippen LogP contribution in [0.5, 0.6) is 17.2 Å². The van der Waals surface area contributed by atoms with Crippen molar-refractivity contribution in [2.24, 2.45) is 0 Å². The first-order valence-corrected chi connectivity index (χ1v) is 9.64. The second-order valence-corrected chi connectivity index (χ2v) is 6.78. The zero-order chi connectivity index (χ0) is 23.5. The molecule has 0 aromatic heterocycles. The molecule has 0 atom stereocenters. The Labute approximate surface area is 182 Å². The largest absolute Gasteiger partial charge is 0.573 e. The van der Waals surface area contributed by atoms with E-state index in [1.807, 2.05) is 6.92 Å². The van der Waals surface area contributed by atoms with Crippen LogP contribution in [0.25, 0.3) is 5.57 Å². The Morgan fingerprint density at radius 3 is 2.16 bits per heavy atom. The average molecular weight is 450 g/mol. The zero-order valence-corrected chi connectivity index (χ0v) is 17.6. The molecule has 0 bridgehead atoms. The van der Waals surface area contributed by atoms with Crippen molar-refractivity contribution in [1.82, 2.24) is 4.90 Å². The second kappa shape index (κ2) is 9.21. The molecule has 0 saturated heterocycles. The predicted octanol–water partition coefficient (Wildman–Crippen LogP) is 4.20. The fourth-order valence-corrected chi connectivity index (χ4v) is 3.26. The van der Waals surface area contributed by atoms with E-state index in [1.165, 1.54) is 26.4 Å². The first-order chi connectivity index (χ1) is 15.2. The number of carbonyl (C=O) groups excluding carboxylic acids is 2. The van der Waals surface area contributed by atoms with Gasteiger partial charge in [0.2, 0.25) is 0 Å². The summed E-state index contributed by atoms with van der Waals surface area (Å²) < 4.78 is 51.5. The van der Waals surface area contributed by atoms with Crippen LogP contribution in [0.15, 0.2) is 48.2 Å². The van der Waals surface area contributed by atoms with Gasteiger partial charge in [-0.3, -0.25) is 14.5 Å². The lowest BCUT2D eigenvalue weighted by molar-refractivity contribution is -0.274. The molecule has 10 heteroatoms. The van der Waals surface area contributed by atoms with Crippen LogP contribution in [0.1, 0.15) is 18.9 Å². The van der Waals surface area contributed by atoms with Gasteiger partial charge in [0.1, 0.15) is 11.4 Å². The van der Waals surface area contributed by atoms with Gasteiger partial charge in [0.15, 0.2) is 11.5 Å². The van der Waals surface area contributed by atoms with Crippen molar-refractivity contribution in [3.63, 3.8) is 0 Å². The number of anilines is 1. The van der Waals surface area contributed by atoms with Crippen LogP contribution >= 0.6 is 0 Å². The van der Waals surface area contributed by atoms with E-state index < -0.39 is 23.9 Å². The first kappa shape index (κ1) is 23.0. The quantitative estimate of drug-likeness (QED) is 0.608. The molecule has 0 saturated carbocycles. The molecule has 0 aliphatic carbocycles. The lowest BCUT2D eigenvalue weighted by Crippen LogP contribution is -2.33. The van der Waals surface area contributed by atoms with Crippen LogP contribution in [-0.2, 0) is 9.59 Å². The van der Waals surface area contributed by atoms with Gasteiger partial charge < -0.3 is 19.5 Å². The number of nitrogens with zero attached hydrogens (tertiary/aromatic N) is 1. The summed E-state index contributed by atoms with van der Waals surface area (Å²) in [6, 6.07) is 9.68. The highest BCUT2D eigenvalue weighted by Crippen LogP contribution is 2.36. The number of methoxy groups -OCH3 is 2. The topological polar surface area (TPSA) is 77.1 Å². The molecule has 2 aromatic carbocycles. The van der Waals surface area contributed by atoms with Crippen molar-refractivity contribution in [3.8, 4) is 17.2 Å². The third-order valence-electron chi connectivity index (χ3n) is 4.64. The molecule has 170 valence electrons. The van der Waals surface area contributed by atoms with Gasteiger partial charge in [-0.15, -0.1) is 13.2 Å². The Morgan fingerprint density at radius 2 is 1.59 bits per heavy atom. The summed E-state index contributed by atoms with van der Waals surface area (Å²) >= 11 is 0. The summed E-state index contributed by atoms with van der Waals surface area (Å²) in [6.07, 6.45) is -4.25. The Kier molecular flexibility index (Phi) is 6.61. The van der Waals surface area contributed by atoms with E-state index in [0.717, 1.165) is 17.0 Å². The number of amides is 2. The maximum absolute atomic E-state index is 13.1. The summed E-state index contributed by atoms with van der Waals surface area (Å²) in [6.45, 7) is 2.05. The fraction of sp³-hybridized carbons (Fsp3) is 0.273. The van der Waals surface area contributed by atoms with Crippen molar-refractivity contribution in [1.29, 1.82) is 0 Å². The van der Waals surface area contributed by atoms with Crippen molar-refractivity contribution in [3.05, 3.63) is 53.7 Å². The zero-order valence-electron chi connectivity index (χ0n) is 17.6. The molecule has 1 N–H and O–H groups in total. The second-order valence-electron chi connectivity index (χ2n) is 6.78. The van der Waals surface area contributed by atoms with Crippen LogP contribution in [0.2, 0.25) is 0 Å². The van der Waals surface area contributed by atoms with Gasteiger partial charge in [-0.1, -0.05) is 13.0 Å². The van der Waals surface area contributed by atoms with E-state index in [4.69, 9.17) is 9.47 Å². The number of imide groups is 1. The van der Waals surface area contributed by atoms with E-state index in [9.17, 15) is 22.8 Å². The Balaban J connectivity index is 2.01. The molecule has 0 unspecified atom stereocenters. The molecule has 2 aromatic rings. The molecular weight excluding hydrogens is 429 g/mol. The number of alkyl halides is 3. The van der Waals surface area contributed by atoms with Crippen LogP contribution in [0.4, 0.5) is 18.9 Å². The molecule has 1 aliphatic heterocycles. The number of nitrogens with one attached hydrogen (secondary N) is 1. The molecular formula is C22H21F3N2O5. The Bertz CT molecular complexity index is 1050. The van der Waals surface area contributed by atoms with Gasteiger partial charge in [0, 0.05) is 12.2 Å². The summed E-state index contributed by atoms with van der Waals surface area (Å²) in [5, 5.41) is 2.87. The van der Waals surface area contributed by atoms with Gasteiger partial charge in [0.25, 0.3) is 11.8 Å². The number of rotatable bonds is 8. The SMILES string of the molecule is CCCN1C(=O)C(Nc2ccc(OC(F)(F)F)cc2)=C(c2ccc(OC)c(OC)c2)C1=O. The van der Waals surface area contributed by atoms with E-state index in [-0.39, 0.29) is 17.8 Å². The lowest BCUT2D eigenvalue weighted by atomic mass is 10.0. The van der Waals surface area contributed by atoms with Crippen molar-refractivity contribution in [2.45, 2.75) is 19.7 Å². The van der Waals surface area contributed by atoms with E-state index in [1.54, 1.807) is 18.2 Å². The van der Waals surface area contributed by atoms with E-state index >= 15 is 0 Å². The van der Waals surface area contributed by atoms with Crippen LogP contribution in [0.3, 0.4) is 0 Å². The average Bonchev–Trinajstić information content (AvgIpc) is 2.98. The van der Waals surface area contributed by atoms with Crippen molar-refractivity contribution >= 4 is 23.1 Å². The summed E-state index contributed by atoms with van der Waals surface area (Å²) in [4.78, 5) is 27.2. The Hall–Kier alpha value is -3.69. The highest BCUT2D eigenvalue weighted by molar-refractivity contribution is 6.36. The molecule has 3 rings (SSSR count). The standard InChI is InChI=1S/C22H21F3N2O5/c1-4-11-27-20(28)18(13-5-10-16(30-2)17(12-13)31-3)19(21(27)29)26-14-6-8-15(9-7-14)32-22(23,24)25/h5-10,12,26H,4,11H2,1-3H3. The smallest absolute Gasteiger partial charge is 0.493 e. The summed E-state index contributed by atoms with van der Waals surface area (Å²) in [7, 11) is 2.92. The molecule has 0 spiro atoms. The van der Waals surface area contributed by atoms with Gasteiger partial charge in [-0.25, -0.2) is 0 Å². The molecule has 32 heavy (non-hydrogen) atoms. The minimum atomic E-state index is -4.81. The number of carbonyl (C=O) groups is 2. The normalized spacial score (nSPS) is 14.1. The first-order valence-electron chi connectivity index (χ1n) is 9.64. The van der Waals surface area contributed by atoms with Gasteiger partial charge in [0.05, 0.1) is 19.8 Å². The van der Waals surface area contributed by atoms with E-state index in [0.29, 0.717) is 29.2 Å². The third-order valence-corrected chi connectivity index (χ3v) is 4.64. The van der Waals surface area contributed by atoms with Crippen molar-refractivity contribution < 1.29 is 37.0 Å². The maximum atomic E-state index is 13.1. The van der Waals surface area contributed by atoms with E-state index in [2.05, 4.69) is 10.1 Å². The van der Waals surface area contributed by atoms with Gasteiger partial charge in [-0.2, -0.15) is 0 Å². The minimum Gasteiger partial charge on any atom is -0.493 e. The fourth-order valence-electron chi connectivity index (χ4n) is 3.26. The number of benzene rings is 2. The highest BCUT2D eigenvalue weighted by atomic mass is 19.4. The van der Waals surface area contributed by atoms with Crippen LogP contribution in [0, 0.1) is 0 Å². The lowest BCUT2D eigenvalue weighted by Gasteiger charge is -2.14. The number of hydrogen-bond acceptors (Lipinski definition) is 6. The molecule has 1 heterocycles. The molecule has 0 radical (unpaired) electrons. The van der Waals surface area contributed by atoms with Crippen LogP contribution in [-0.4, -0.2) is 43.8 Å².